The van der Waals surface area contributed by atoms with Crippen molar-refractivity contribution in [2.45, 2.75) is 9.27 Å². The molecule has 1 aliphatic heterocycles. The largest absolute Gasteiger partial charge is 0.379 e. The standard InChI is InChI=1S/C12H19N3O3S2/c1-13-10(16)12(17-2,20-11-14-3-8-19-11)9-15-4-6-18-7-5-15/h3,8H,4-7,9H2,1-2H3,(H,13,16). The van der Waals surface area contributed by atoms with E-state index in [1.54, 1.807) is 20.4 Å². The molecule has 112 valence electrons. The summed E-state index contributed by atoms with van der Waals surface area (Å²) in [6, 6.07) is 0. The molecule has 0 spiro atoms. The van der Waals surface area contributed by atoms with Crippen molar-refractivity contribution in [3.8, 4) is 0 Å². The molecule has 2 rings (SSSR count). The lowest BCUT2D eigenvalue weighted by Crippen LogP contribution is -2.54. The van der Waals surface area contributed by atoms with Gasteiger partial charge in [0.1, 0.15) is 0 Å². The molecule has 1 fully saturated rings. The molecule has 6 nitrogen and oxygen atoms in total. The number of aromatic nitrogens is 1. The van der Waals surface area contributed by atoms with E-state index >= 15 is 0 Å². The summed E-state index contributed by atoms with van der Waals surface area (Å²) in [5.41, 5.74) is 0. The number of rotatable bonds is 6. The van der Waals surface area contributed by atoms with E-state index in [0.29, 0.717) is 19.8 Å². The van der Waals surface area contributed by atoms with E-state index < -0.39 is 4.93 Å². The first-order chi connectivity index (χ1) is 9.70. The van der Waals surface area contributed by atoms with Gasteiger partial charge in [0.05, 0.1) is 13.2 Å². The van der Waals surface area contributed by atoms with E-state index in [1.165, 1.54) is 23.1 Å². The van der Waals surface area contributed by atoms with Gasteiger partial charge in [0.15, 0.2) is 4.34 Å². The summed E-state index contributed by atoms with van der Waals surface area (Å²) in [6.45, 7) is 3.50. The maximum absolute atomic E-state index is 12.3. The summed E-state index contributed by atoms with van der Waals surface area (Å²) in [6.07, 6.45) is 1.73. The second-order valence-electron chi connectivity index (χ2n) is 4.32. The normalized spacial score (nSPS) is 19.5. The lowest BCUT2D eigenvalue weighted by molar-refractivity contribution is -0.135. The minimum Gasteiger partial charge on any atom is -0.379 e. The minimum absolute atomic E-state index is 0.147. The molecular weight excluding hydrogens is 298 g/mol. The monoisotopic (exact) mass is 317 g/mol. The molecule has 1 atom stereocenters. The van der Waals surface area contributed by atoms with Gasteiger partial charge < -0.3 is 14.8 Å². The third-order valence-electron chi connectivity index (χ3n) is 3.10. The Morgan fingerprint density at radius 3 is 2.95 bits per heavy atom. The Labute approximate surface area is 126 Å². The van der Waals surface area contributed by atoms with Gasteiger partial charge in [-0.15, -0.1) is 11.3 Å². The Kier molecular flexibility index (Phi) is 5.79. The summed E-state index contributed by atoms with van der Waals surface area (Å²) < 4.78 is 11.8. The topological polar surface area (TPSA) is 63.7 Å². The van der Waals surface area contributed by atoms with Gasteiger partial charge in [-0.2, -0.15) is 0 Å². The summed E-state index contributed by atoms with van der Waals surface area (Å²) in [5.74, 6) is -0.147. The summed E-state index contributed by atoms with van der Waals surface area (Å²) in [4.78, 5) is 17.8. The van der Waals surface area contributed by atoms with Crippen LogP contribution in [-0.2, 0) is 14.3 Å². The first kappa shape index (κ1) is 15.7. The zero-order chi connectivity index (χ0) is 14.4. The van der Waals surface area contributed by atoms with E-state index in [0.717, 1.165) is 17.4 Å². The van der Waals surface area contributed by atoms with Gasteiger partial charge >= 0.3 is 0 Å². The molecule has 20 heavy (non-hydrogen) atoms. The Morgan fingerprint density at radius 1 is 1.65 bits per heavy atom. The number of thioether (sulfide) groups is 1. The third-order valence-corrected chi connectivity index (χ3v) is 5.29. The SMILES string of the molecule is CNC(=O)C(CN1CCOCC1)(OC)Sc1nccs1. The quantitative estimate of drug-likeness (QED) is 0.614. The van der Waals surface area contributed by atoms with Crippen molar-refractivity contribution >= 4 is 29.0 Å². The number of methoxy groups -OCH3 is 1. The Hall–Kier alpha value is -0.670. The van der Waals surface area contributed by atoms with E-state index in [9.17, 15) is 4.79 Å². The van der Waals surface area contributed by atoms with Gasteiger partial charge in [-0.25, -0.2) is 4.98 Å². The fourth-order valence-electron chi connectivity index (χ4n) is 2.00. The van der Waals surface area contributed by atoms with Crippen molar-refractivity contribution in [1.82, 2.24) is 15.2 Å². The highest BCUT2D eigenvalue weighted by molar-refractivity contribution is 8.02. The summed E-state index contributed by atoms with van der Waals surface area (Å²) in [5, 5.41) is 4.58. The zero-order valence-corrected chi connectivity index (χ0v) is 13.3. The van der Waals surface area contributed by atoms with Crippen LogP contribution in [-0.4, -0.2) is 67.7 Å². The van der Waals surface area contributed by atoms with E-state index in [2.05, 4.69) is 15.2 Å². The van der Waals surface area contributed by atoms with Crippen molar-refractivity contribution < 1.29 is 14.3 Å². The van der Waals surface area contributed by atoms with Crippen molar-refractivity contribution in [2.75, 3.05) is 47.0 Å². The van der Waals surface area contributed by atoms with E-state index in [4.69, 9.17) is 9.47 Å². The lowest BCUT2D eigenvalue weighted by atomic mass is 10.2. The maximum atomic E-state index is 12.3. The van der Waals surface area contributed by atoms with Crippen LogP contribution in [0, 0.1) is 0 Å². The Balaban J connectivity index is 2.14. The second-order valence-corrected chi connectivity index (χ2v) is 6.73. The molecule has 0 saturated carbocycles. The molecule has 0 aromatic carbocycles. The van der Waals surface area contributed by atoms with Crippen LogP contribution in [0.15, 0.2) is 15.9 Å². The highest BCUT2D eigenvalue weighted by Gasteiger charge is 2.42. The van der Waals surface area contributed by atoms with Gasteiger partial charge in [0.25, 0.3) is 5.91 Å². The highest BCUT2D eigenvalue weighted by atomic mass is 32.2. The second kappa shape index (κ2) is 7.37. The van der Waals surface area contributed by atoms with E-state index in [1.807, 2.05) is 5.38 Å². The van der Waals surface area contributed by atoms with Crippen molar-refractivity contribution in [2.24, 2.45) is 0 Å². The average Bonchev–Trinajstić information content (AvgIpc) is 2.99. The number of hydrogen-bond acceptors (Lipinski definition) is 7. The van der Waals surface area contributed by atoms with Crippen molar-refractivity contribution in [3.63, 3.8) is 0 Å². The van der Waals surface area contributed by atoms with Crippen LogP contribution < -0.4 is 5.32 Å². The molecule has 0 aliphatic carbocycles. The molecule has 1 aromatic rings. The molecule has 0 radical (unpaired) electrons. The van der Waals surface area contributed by atoms with Crippen LogP contribution in [0.4, 0.5) is 0 Å². The van der Waals surface area contributed by atoms with Crippen LogP contribution in [0.1, 0.15) is 0 Å². The summed E-state index contributed by atoms with van der Waals surface area (Å²) in [7, 11) is 3.19. The number of hydrogen-bond donors (Lipinski definition) is 1. The molecule has 1 aromatic heterocycles. The fourth-order valence-corrected chi connectivity index (χ4v) is 4.04. The molecule has 1 aliphatic rings. The number of morpholine rings is 1. The van der Waals surface area contributed by atoms with Crippen LogP contribution in [0.2, 0.25) is 0 Å². The Bertz CT molecular complexity index is 424. The predicted molar refractivity (Wildman–Crippen MR) is 79.0 cm³/mol. The van der Waals surface area contributed by atoms with Crippen LogP contribution in [0.3, 0.4) is 0 Å². The van der Waals surface area contributed by atoms with Crippen molar-refractivity contribution in [1.29, 1.82) is 0 Å². The van der Waals surface area contributed by atoms with Crippen LogP contribution in [0.5, 0.6) is 0 Å². The fraction of sp³-hybridized carbons (Fsp3) is 0.667. The molecule has 1 saturated heterocycles. The van der Waals surface area contributed by atoms with Gasteiger partial charge in [-0.3, -0.25) is 9.69 Å². The molecule has 1 unspecified atom stereocenters. The number of carbonyl (C=O) groups is 1. The Morgan fingerprint density at radius 2 is 2.40 bits per heavy atom. The lowest BCUT2D eigenvalue weighted by Gasteiger charge is -2.36. The van der Waals surface area contributed by atoms with Gasteiger partial charge in [0, 0.05) is 45.4 Å². The number of likely N-dealkylation sites (N-methyl/N-ethyl adjacent to an activating group) is 1. The molecule has 1 amide bonds. The number of carbonyl (C=O) groups excluding carboxylic acids is 1. The number of nitrogens with zero attached hydrogens (tertiary/aromatic N) is 2. The molecule has 2 heterocycles. The first-order valence-corrected chi connectivity index (χ1v) is 8.06. The third kappa shape index (κ3) is 3.70. The minimum atomic E-state index is -0.982. The van der Waals surface area contributed by atoms with Crippen molar-refractivity contribution in [3.05, 3.63) is 11.6 Å². The smallest absolute Gasteiger partial charge is 0.264 e. The predicted octanol–water partition coefficient (Wildman–Crippen LogP) is 0.656. The van der Waals surface area contributed by atoms with Crippen LogP contribution in [0.25, 0.3) is 0 Å². The molecule has 1 N–H and O–H groups in total. The number of thiazole rings is 1. The first-order valence-electron chi connectivity index (χ1n) is 6.36. The molecule has 8 heteroatoms. The number of nitrogens with one attached hydrogen (secondary N) is 1. The average molecular weight is 317 g/mol. The number of ether oxygens (including phenoxy) is 2. The van der Waals surface area contributed by atoms with Crippen LogP contribution >= 0.6 is 23.1 Å². The van der Waals surface area contributed by atoms with Gasteiger partial charge in [-0.1, -0.05) is 0 Å². The zero-order valence-electron chi connectivity index (χ0n) is 11.6. The van der Waals surface area contributed by atoms with Gasteiger partial charge in [-0.05, 0) is 11.8 Å². The molecular formula is C12H19N3O3S2. The number of amides is 1. The van der Waals surface area contributed by atoms with Gasteiger partial charge in [0.2, 0.25) is 4.93 Å². The highest BCUT2D eigenvalue weighted by Crippen LogP contribution is 2.36. The molecule has 0 bridgehead atoms. The van der Waals surface area contributed by atoms with E-state index in [-0.39, 0.29) is 5.91 Å². The summed E-state index contributed by atoms with van der Waals surface area (Å²) >= 11 is 2.86. The maximum Gasteiger partial charge on any atom is 0.264 e.